The monoisotopic (exact) mass is 407 g/mol. The molecular formula is C23H21NO6. The first-order valence-electron chi connectivity index (χ1n) is 9.70. The lowest BCUT2D eigenvalue weighted by Crippen LogP contribution is -2.16. The highest BCUT2D eigenvalue weighted by molar-refractivity contribution is 5.98. The number of benzene rings is 2. The van der Waals surface area contributed by atoms with E-state index in [2.05, 4.69) is 4.98 Å². The fourth-order valence-corrected chi connectivity index (χ4v) is 3.06. The smallest absolute Gasteiger partial charge is 0.306 e. The maximum Gasteiger partial charge on any atom is 0.306 e. The molecule has 2 aromatic carbocycles. The van der Waals surface area contributed by atoms with Crippen LogP contribution in [0, 0.1) is 6.92 Å². The molecular weight excluding hydrogens is 386 g/mol. The summed E-state index contributed by atoms with van der Waals surface area (Å²) in [6.45, 7) is 2.71. The highest BCUT2D eigenvalue weighted by Crippen LogP contribution is 2.31. The number of ether oxygens (including phenoxy) is 3. The normalized spacial score (nSPS) is 12.4. The summed E-state index contributed by atoms with van der Waals surface area (Å²) in [5.41, 5.74) is 1.88. The second kappa shape index (κ2) is 8.82. The van der Waals surface area contributed by atoms with Gasteiger partial charge in [-0.3, -0.25) is 9.59 Å². The molecule has 0 bridgehead atoms. The predicted octanol–water partition coefficient (Wildman–Crippen LogP) is 4.13. The molecule has 3 aromatic rings. The van der Waals surface area contributed by atoms with Crippen LogP contribution in [0.5, 0.6) is 11.5 Å². The van der Waals surface area contributed by atoms with Crippen LogP contribution >= 0.6 is 0 Å². The number of carbonyl (C=O) groups is 2. The van der Waals surface area contributed by atoms with Gasteiger partial charge < -0.3 is 18.6 Å². The third-order valence-corrected chi connectivity index (χ3v) is 4.70. The lowest BCUT2D eigenvalue weighted by Gasteiger charge is -2.18. The number of esters is 1. The fourth-order valence-electron chi connectivity index (χ4n) is 3.06. The molecule has 4 rings (SSSR count). The molecule has 30 heavy (non-hydrogen) atoms. The zero-order valence-corrected chi connectivity index (χ0v) is 16.6. The molecule has 7 heteroatoms. The van der Waals surface area contributed by atoms with E-state index < -0.39 is 5.97 Å². The van der Waals surface area contributed by atoms with Crippen LogP contribution in [-0.2, 0) is 16.1 Å². The molecule has 0 saturated carbocycles. The zero-order chi connectivity index (χ0) is 20.9. The minimum atomic E-state index is -0.468. The van der Waals surface area contributed by atoms with Crippen LogP contribution in [0.3, 0.4) is 0 Å². The third-order valence-electron chi connectivity index (χ3n) is 4.70. The number of fused-ring (bicyclic) bond motifs is 1. The van der Waals surface area contributed by atoms with Crippen molar-refractivity contribution in [2.75, 3.05) is 13.2 Å². The van der Waals surface area contributed by atoms with E-state index in [1.54, 1.807) is 25.1 Å². The number of hydrogen-bond acceptors (Lipinski definition) is 7. The summed E-state index contributed by atoms with van der Waals surface area (Å²) < 4.78 is 21.9. The maximum atomic E-state index is 12.4. The summed E-state index contributed by atoms with van der Waals surface area (Å²) in [6, 6.07) is 14.5. The van der Waals surface area contributed by atoms with E-state index in [-0.39, 0.29) is 25.2 Å². The van der Waals surface area contributed by atoms with Gasteiger partial charge in [0.15, 0.2) is 17.3 Å². The van der Waals surface area contributed by atoms with Gasteiger partial charge in [-0.25, -0.2) is 4.98 Å². The van der Waals surface area contributed by atoms with E-state index in [0.29, 0.717) is 47.6 Å². The molecule has 2 heterocycles. The van der Waals surface area contributed by atoms with Crippen molar-refractivity contribution in [3.8, 4) is 23.0 Å². The van der Waals surface area contributed by atoms with Crippen LogP contribution in [0.15, 0.2) is 52.9 Å². The van der Waals surface area contributed by atoms with Gasteiger partial charge in [0, 0.05) is 17.5 Å². The SMILES string of the molecule is Cc1oc(-c2ccccc2)nc1COC(=O)CCC(=O)c1ccc2c(c1)OCCO2. The summed E-state index contributed by atoms with van der Waals surface area (Å²) in [4.78, 5) is 28.9. The van der Waals surface area contributed by atoms with Crippen LogP contribution in [0.2, 0.25) is 0 Å². The lowest BCUT2D eigenvalue weighted by atomic mass is 10.1. The van der Waals surface area contributed by atoms with Gasteiger partial charge in [0.1, 0.15) is 31.3 Å². The minimum Gasteiger partial charge on any atom is -0.486 e. The second-order valence-corrected chi connectivity index (χ2v) is 6.83. The van der Waals surface area contributed by atoms with Crippen molar-refractivity contribution in [2.24, 2.45) is 0 Å². The van der Waals surface area contributed by atoms with Crippen LogP contribution in [0.1, 0.15) is 34.7 Å². The van der Waals surface area contributed by atoms with Crippen LogP contribution < -0.4 is 9.47 Å². The van der Waals surface area contributed by atoms with Crippen molar-refractivity contribution in [2.45, 2.75) is 26.4 Å². The van der Waals surface area contributed by atoms with E-state index >= 15 is 0 Å². The molecule has 0 fully saturated rings. The largest absolute Gasteiger partial charge is 0.486 e. The molecule has 154 valence electrons. The Kier molecular flexibility index (Phi) is 5.79. The van der Waals surface area contributed by atoms with E-state index in [9.17, 15) is 9.59 Å². The minimum absolute atomic E-state index is 0.000779. The van der Waals surface area contributed by atoms with Crippen molar-refractivity contribution in [3.63, 3.8) is 0 Å². The zero-order valence-electron chi connectivity index (χ0n) is 16.6. The summed E-state index contributed by atoms with van der Waals surface area (Å²) in [5.74, 6) is 1.61. The predicted molar refractivity (Wildman–Crippen MR) is 107 cm³/mol. The Morgan fingerprint density at radius 2 is 1.77 bits per heavy atom. The number of aryl methyl sites for hydroxylation is 1. The number of rotatable bonds is 7. The maximum absolute atomic E-state index is 12.4. The topological polar surface area (TPSA) is 87.9 Å². The van der Waals surface area contributed by atoms with E-state index in [1.165, 1.54) is 0 Å². The first-order valence-corrected chi connectivity index (χ1v) is 9.70. The van der Waals surface area contributed by atoms with Crippen LogP contribution in [0.4, 0.5) is 0 Å². The first kappa shape index (κ1) is 19.7. The van der Waals surface area contributed by atoms with Gasteiger partial charge in [0.25, 0.3) is 0 Å². The quantitative estimate of drug-likeness (QED) is 0.430. The van der Waals surface area contributed by atoms with E-state index in [0.717, 1.165) is 5.56 Å². The Balaban J connectivity index is 1.29. The van der Waals surface area contributed by atoms with Crippen molar-refractivity contribution >= 4 is 11.8 Å². The molecule has 0 atom stereocenters. The average Bonchev–Trinajstić information content (AvgIpc) is 3.16. The molecule has 1 aliphatic rings. The average molecular weight is 407 g/mol. The molecule has 0 aliphatic carbocycles. The van der Waals surface area contributed by atoms with Crippen molar-refractivity contribution in [1.29, 1.82) is 0 Å². The molecule has 0 amide bonds. The molecule has 0 saturated heterocycles. The van der Waals surface area contributed by atoms with Gasteiger partial charge >= 0.3 is 5.97 Å². The van der Waals surface area contributed by atoms with Crippen LogP contribution in [0.25, 0.3) is 11.5 Å². The Hall–Kier alpha value is -3.61. The standard InChI is InChI=1S/C23H21NO6/c1-15-18(24-23(30-15)16-5-3-2-4-6-16)14-29-22(26)10-8-19(25)17-7-9-20-21(13-17)28-12-11-27-20/h2-7,9,13H,8,10-12,14H2,1H3. The summed E-state index contributed by atoms with van der Waals surface area (Å²) in [5, 5.41) is 0. The van der Waals surface area contributed by atoms with Gasteiger partial charge in [-0.2, -0.15) is 0 Å². The summed E-state index contributed by atoms with van der Waals surface area (Å²) in [6.07, 6.45) is 0.0290. The van der Waals surface area contributed by atoms with Gasteiger partial charge in [-0.05, 0) is 37.3 Å². The highest BCUT2D eigenvalue weighted by atomic mass is 16.6. The number of nitrogens with zero attached hydrogens (tertiary/aromatic N) is 1. The van der Waals surface area contributed by atoms with Crippen molar-refractivity contribution in [1.82, 2.24) is 4.98 Å². The third kappa shape index (κ3) is 4.51. The highest BCUT2D eigenvalue weighted by Gasteiger charge is 2.17. The molecule has 7 nitrogen and oxygen atoms in total. The summed E-state index contributed by atoms with van der Waals surface area (Å²) in [7, 11) is 0. The number of hydrogen-bond donors (Lipinski definition) is 0. The van der Waals surface area contributed by atoms with Crippen molar-refractivity contribution < 1.29 is 28.2 Å². The second-order valence-electron chi connectivity index (χ2n) is 6.83. The molecule has 0 radical (unpaired) electrons. The number of Topliss-reactive ketones (excluding diaryl/α,β-unsaturated/α-hetero) is 1. The number of ketones is 1. The van der Waals surface area contributed by atoms with Crippen LogP contribution in [-0.4, -0.2) is 30.0 Å². The van der Waals surface area contributed by atoms with Gasteiger partial charge in [0.2, 0.25) is 5.89 Å². The van der Waals surface area contributed by atoms with Crippen molar-refractivity contribution in [3.05, 3.63) is 65.5 Å². The van der Waals surface area contributed by atoms with Gasteiger partial charge in [-0.1, -0.05) is 18.2 Å². The van der Waals surface area contributed by atoms with E-state index in [4.69, 9.17) is 18.6 Å². The lowest BCUT2D eigenvalue weighted by molar-refractivity contribution is -0.145. The van der Waals surface area contributed by atoms with E-state index in [1.807, 2.05) is 30.3 Å². The molecule has 0 spiro atoms. The Morgan fingerprint density at radius 3 is 2.57 bits per heavy atom. The van der Waals surface area contributed by atoms with Gasteiger partial charge in [0.05, 0.1) is 6.42 Å². The Labute approximate surface area is 173 Å². The first-order chi connectivity index (χ1) is 14.6. The Morgan fingerprint density at radius 1 is 1.00 bits per heavy atom. The molecule has 0 unspecified atom stereocenters. The summed E-state index contributed by atoms with van der Waals surface area (Å²) >= 11 is 0. The fraction of sp³-hybridized carbons (Fsp3) is 0.261. The molecule has 1 aliphatic heterocycles. The number of carbonyl (C=O) groups excluding carboxylic acids is 2. The Bertz CT molecular complexity index is 1060. The number of aromatic nitrogens is 1. The number of oxazole rings is 1. The van der Waals surface area contributed by atoms with Gasteiger partial charge in [-0.15, -0.1) is 0 Å². The molecule has 1 aromatic heterocycles. The molecule has 0 N–H and O–H groups in total.